The molecule has 6 heteroatoms. The average Bonchev–Trinajstić information content (AvgIpc) is 2.85. The van der Waals surface area contributed by atoms with E-state index in [0.717, 1.165) is 23.1 Å². The number of rotatable bonds is 10. The first-order chi connectivity index (χ1) is 16.8. The molecule has 0 heterocycles. The number of carbonyl (C=O) groups is 2. The van der Waals surface area contributed by atoms with Gasteiger partial charge < -0.3 is 10.2 Å². The van der Waals surface area contributed by atoms with E-state index < -0.39 is 11.9 Å². The maximum atomic E-state index is 14.6. The van der Waals surface area contributed by atoms with Crippen molar-refractivity contribution in [1.29, 1.82) is 0 Å². The van der Waals surface area contributed by atoms with Crippen LogP contribution in [0.2, 0.25) is 5.02 Å². The number of nitrogens with one attached hydrogen (secondary N) is 1. The maximum absolute atomic E-state index is 14.6. The zero-order valence-electron chi connectivity index (χ0n) is 20.4. The van der Waals surface area contributed by atoms with E-state index in [1.54, 1.807) is 11.0 Å². The second kappa shape index (κ2) is 12.5. The molecule has 0 spiro atoms. The maximum Gasteiger partial charge on any atom is 0.243 e. The van der Waals surface area contributed by atoms with Gasteiger partial charge in [-0.1, -0.05) is 79.2 Å². The Hall–Kier alpha value is -3.18. The molecule has 0 aliphatic heterocycles. The zero-order chi connectivity index (χ0) is 25.4. The Balaban J connectivity index is 2.02. The van der Waals surface area contributed by atoms with Crippen LogP contribution < -0.4 is 5.32 Å². The number of benzene rings is 3. The van der Waals surface area contributed by atoms with Gasteiger partial charge in [0.1, 0.15) is 11.9 Å². The molecule has 3 aromatic carbocycles. The summed E-state index contributed by atoms with van der Waals surface area (Å²) < 4.78 is 14.6. The summed E-state index contributed by atoms with van der Waals surface area (Å²) in [7, 11) is 0. The van der Waals surface area contributed by atoms with Crippen LogP contribution in [-0.4, -0.2) is 28.8 Å². The van der Waals surface area contributed by atoms with Gasteiger partial charge in [0.2, 0.25) is 11.8 Å². The van der Waals surface area contributed by atoms with Crippen LogP contribution in [0.3, 0.4) is 0 Å². The van der Waals surface area contributed by atoms with Crippen LogP contribution in [0.5, 0.6) is 0 Å². The first-order valence-electron chi connectivity index (χ1n) is 11.9. The Morgan fingerprint density at radius 1 is 1.00 bits per heavy atom. The van der Waals surface area contributed by atoms with Gasteiger partial charge in [0, 0.05) is 29.6 Å². The lowest BCUT2D eigenvalue weighted by atomic mass is 10.00. The molecule has 2 atom stereocenters. The normalized spacial score (nSPS) is 12.6. The summed E-state index contributed by atoms with van der Waals surface area (Å²) in [4.78, 5) is 28.8. The highest BCUT2D eigenvalue weighted by molar-refractivity contribution is 6.31. The van der Waals surface area contributed by atoms with Crippen LogP contribution in [0.1, 0.15) is 42.5 Å². The van der Waals surface area contributed by atoms with E-state index in [1.165, 1.54) is 12.1 Å². The third-order valence-electron chi connectivity index (χ3n) is 6.26. The smallest absolute Gasteiger partial charge is 0.243 e. The molecule has 0 saturated carbocycles. The van der Waals surface area contributed by atoms with Gasteiger partial charge >= 0.3 is 0 Å². The molecule has 0 saturated heterocycles. The van der Waals surface area contributed by atoms with E-state index in [9.17, 15) is 14.0 Å². The highest BCUT2D eigenvalue weighted by Crippen LogP contribution is 2.23. The predicted octanol–water partition coefficient (Wildman–Crippen LogP) is 5.88. The van der Waals surface area contributed by atoms with Gasteiger partial charge in [0.05, 0.1) is 6.42 Å². The second-order valence-electron chi connectivity index (χ2n) is 8.85. The predicted molar refractivity (Wildman–Crippen MR) is 139 cm³/mol. The molecule has 0 fully saturated rings. The fourth-order valence-corrected chi connectivity index (χ4v) is 4.15. The van der Waals surface area contributed by atoms with Gasteiger partial charge in [0.15, 0.2) is 0 Å². The Labute approximate surface area is 212 Å². The molecule has 4 nitrogen and oxygen atoms in total. The van der Waals surface area contributed by atoms with Gasteiger partial charge in [-0.3, -0.25) is 9.59 Å². The van der Waals surface area contributed by atoms with E-state index >= 15 is 0 Å². The molecule has 0 aromatic heterocycles. The molecule has 0 aliphatic carbocycles. The van der Waals surface area contributed by atoms with E-state index in [1.807, 2.05) is 75.4 Å². The fourth-order valence-electron chi connectivity index (χ4n) is 3.92. The molecule has 0 aliphatic rings. The van der Waals surface area contributed by atoms with Crippen molar-refractivity contribution in [3.8, 4) is 0 Å². The number of halogens is 2. The molecule has 184 valence electrons. The minimum atomic E-state index is -0.774. The first-order valence-corrected chi connectivity index (χ1v) is 12.3. The van der Waals surface area contributed by atoms with E-state index in [0.29, 0.717) is 6.42 Å². The summed E-state index contributed by atoms with van der Waals surface area (Å²) >= 11 is 6.23. The SMILES string of the molecule is CCC(C)NC(=O)C(Cc1ccccc1)N(Cc1ccccc1C)C(=O)Cc1c(F)cccc1Cl. The molecule has 1 N–H and O–H groups in total. The summed E-state index contributed by atoms with van der Waals surface area (Å²) in [5.41, 5.74) is 3.00. The molecule has 2 amide bonds. The van der Waals surface area contributed by atoms with E-state index in [4.69, 9.17) is 11.6 Å². The van der Waals surface area contributed by atoms with Crippen molar-refractivity contribution in [2.75, 3.05) is 0 Å². The van der Waals surface area contributed by atoms with Crippen LogP contribution >= 0.6 is 11.6 Å². The zero-order valence-corrected chi connectivity index (χ0v) is 21.2. The Morgan fingerprint density at radius 3 is 2.34 bits per heavy atom. The number of amides is 2. The largest absolute Gasteiger partial charge is 0.352 e. The number of carbonyl (C=O) groups excluding carboxylic acids is 2. The minimum absolute atomic E-state index is 0.0443. The van der Waals surface area contributed by atoms with Crippen LogP contribution in [-0.2, 0) is 29.0 Å². The quantitative estimate of drug-likeness (QED) is 0.382. The summed E-state index contributed by atoms with van der Waals surface area (Å²) in [6, 6.07) is 20.9. The summed E-state index contributed by atoms with van der Waals surface area (Å²) in [6.45, 7) is 6.12. The number of nitrogens with zero attached hydrogens (tertiary/aromatic N) is 1. The summed E-state index contributed by atoms with van der Waals surface area (Å²) in [6.07, 6.45) is 0.866. The molecule has 0 bridgehead atoms. The lowest BCUT2D eigenvalue weighted by Crippen LogP contribution is -2.52. The minimum Gasteiger partial charge on any atom is -0.352 e. The van der Waals surface area contributed by atoms with Crippen LogP contribution in [0, 0.1) is 12.7 Å². The van der Waals surface area contributed by atoms with Gasteiger partial charge in [-0.25, -0.2) is 4.39 Å². The van der Waals surface area contributed by atoms with Crippen LogP contribution in [0.25, 0.3) is 0 Å². The molecule has 3 aromatic rings. The molecular weight excluding hydrogens is 463 g/mol. The Morgan fingerprint density at radius 2 is 1.69 bits per heavy atom. The van der Waals surface area contributed by atoms with E-state index in [-0.39, 0.29) is 41.4 Å². The lowest BCUT2D eigenvalue weighted by molar-refractivity contribution is -0.141. The van der Waals surface area contributed by atoms with Crippen molar-refractivity contribution in [2.45, 2.75) is 58.7 Å². The molecule has 35 heavy (non-hydrogen) atoms. The van der Waals surface area contributed by atoms with Crippen molar-refractivity contribution in [3.05, 3.63) is 106 Å². The third kappa shape index (κ3) is 7.15. The van der Waals surface area contributed by atoms with Crippen molar-refractivity contribution in [3.63, 3.8) is 0 Å². The van der Waals surface area contributed by atoms with Gasteiger partial charge in [0.25, 0.3) is 0 Å². The van der Waals surface area contributed by atoms with Gasteiger partial charge in [-0.2, -0.15) is 0 Å². The molecular formula is C29H32ClFN2O2. The number of aryl methyl sites for hydroxylation is 1. The van der Waals surface area contributed by atoms with E-state index in [2.05, 4.69) is 5.32 Å². The van der Waals surface area contributed by atoms with Crippen LogP contribution in [0.15, 0.2) is 72.8 Å². The topological polar surface area (TPSA) is 49.4 Å². The molecule has 3 rings (SSSR count). The Bertz CT molecular complexity index is 1130. The monoisotopic (exact) mass is 494 g/mol. The average molecular weight is 495 g/mol. The van der Waals surface area contributed by atoms with Crippen molar-refractivity contribution in [1.82, 2.24) is 10.2 Å². The number of hydrogen-bond acceptors (Lipinski definition) is 2. The highest BCUT2D eigenvalue weighted by atomic mass is 35.5. The van der Waals surface area contributed by atoms with Gasteiger partial charge in [-0.15, -0.1) is 0 Å². The van der Waals surface area contributed by atoms with Crippen LogP contribution in [0.4, 0.5) is 4.39 Å². The standard InChI is InChI=1S/C29H32ClFN2O2/c1-4-21(3)32-29(35)27(17-22-12-6-5-7-13-22)33(19-23-14-9-8-11-20(23)2)28(34)18-24-25(30)15-10-16-26(24)31/h5-16,21,27H,4,17-19H2,1-3H3,(H,32,35). The Kier molecular flexibility index (Phi) is 9.44. The molecule has 2 unspecified atom stereocenters. The third-order valence-corrected chi connectivity index (χ3v) is 6.62. The molecule has 0 radical (unpaired) electrons. The van der Waals surface area contributed by atoms with Crippen molar-refractivity contribution >= 4 is 23.4 Å². The van der Waals surface area contributed by atoms with Crippen molar-refractivity contribution < 1.29 is 14.0 Å². The lowest BCUT2D eigenvalue weighted by Gasteiger charge is -2.33. The highest BCUT2D eigenvalue weighted by Gasteiger charge is 2.32. The number of hydrogen-bond donors (Lipinski definition) is 1. The van der Waals surface area contributed by atoms with Crippen molar-refractivity contribution in [2.24, 2.45) is 0 Å². The fraction of sp³-hybridized carbons (Fsp3) is 0.310. The second-order valence-corrected chi connectivity index (χ2v) is 9.26. The summed E-state index contributed by atoms with van der Waals surface area (Å²) in [5, 5.41) is 3.23. The van der Waals surface area contributed by atoms with Gasteiger partial charge in [-0.05, 0) is 49.1 Å². The summed E-state index contributed by atoms with van der Waals surface area (Å²) in [5.74, 6) is -1.13. The first kappa shape index (κ1) is 26.4.